The maximum Gasteiger partial charge on any atom is 0.225 e. The van der Waals surface area contributed by atoms with Crippen LogP contribution in [0.25, 0.3) is 11.4 Å². The summed E-state index contributed by atoms with van der Waals surface area (Å²) in [5, 5.41) is 16.5. The van der Waals surface area contributed by atoms with E-state index in [2.05, 4.69) is 25.9 Å². The SMILES string of the molecule is CC(C)C(N)CC(=O)Nc1cccc(-c2nn[nH]n2)c1. The molecule has 4 N–H and O–H groups in total. The summed E-state index contributed by atoms with van der Waals surface area (Å²) in [7, 11) is 0. The summed E-state index contributed by atoms with van der Waals surface area (Å²) in [5.74, 6) is 0.655. The van der Waals surface area contributed by atoms with Gasteiger partial charge in [-0.25, -0.2) is 0 Å². The van der Waals surface area contributed by atoms with Crippen molar-refractivity contribution in [2.75, 3.05) is 5.32 Å². The van der Waals surface area contributed by atoms with Crippen molar-refractivity contribution in [3.05, 3.63) is 24.3 Å². The number of aromatic nitrogens is 4. The van der Waals surface area contributed by atoms with Crippen molar-refractivity contribution in [3.8, 4) is 11.4 Å². The van der Waals surface area contributed by atoms with Gasteiger partial charge in [0.2, 0.25) is 11.7 Å². The summed E-state index contributed by atoms with van der Waals surface area (Å²) in [4.78, 5) is 11.9. The number of anilines is 1. The van der Waals surface area contributed by atoms with Gasteiger partial charge in [-0.15, -0.1) is 10.2 Å². The monoisotopic (exact) mass is 274 g/mol. The summed E-state index contributed by atoms with van der Waals surface area (Å²) < 4.78 is 0. The molecule has 0 radical (unpaired) electrons. The number of aromatic amines is 1. The number of carbonyl (C=O) groups excluding carboxylic acids is 1. The van der Waals surface area contributed by atoms with E-state index in [0.29, 0.717) is 17.9 Å². The first-order valence-corrected chi connectivity index (χ1v) is 6.45. The second kappa shape index (κ2) is 6.25. The molecule has 0 spiro atoms. The lowest BCUT2D eigenvalue weighted by Gasteiger charge is -2.15. The quantitative estimate of drug-likeness (QED) is 0.758. The fourth-order valence-electron chi connectivity index (χ4n) is 1.68. The molecule has 2 aromatic rings. The lowest BCUT2D eigenvalue weighted by molar-refractivity contribution is -0.116. The van der Waals surface area contributed by atoms with Crippen LogP contribution in [0.15, 0.2) is 24.3 Å². The first kappa shape index (κ1) is 14.1. The number of rotatable bonds is 5. The number of hydrogen-bond acceptors (Lipinski definition) is 5. The van der Waals surface area contributed by atoms with Gasteiger partial charge in [-0.2, -0.15) is 5.21 Å². The van der Waals surface area contributed by atoms with Gasteiger partial charge in [0.15, 0.2) is 0 Å². The predicted molar refractivity (Wildman–Crippen MR) is 75.7 cm³/mol. The van der Waals surface area contributed by atoms with Crippen LogP contribution in [0.5, 0.6) is 0 Å². The number of H-pyrrole nitrogens is 1. The number of nitrogens with two attached hydrogens (primary N) is 1. The first-order chi connectivity index (χ1) is 9.56. The van der Waals surface area contributed by atoms with E-state index in [4.69, 9.17) is 5.73 Å². The van der Waals surface area contributed by atoms with E-state index in [1.54, 1.807) is 6.07 Å². The highest BCUT2D eigenvalue weighted by atomic mass is 16.1. The minimum atomic E-state index is -0.143. The third-order valence-corrected chi connectivity index (χ3v) is 3.03. The van der Waals surface area contributed by atoms with Crippen molar-refractivity contribution in [1.29, 1.82) is 0 Å². The van der Waals surface area contributed by atoms with Gasteiger partial charge < -0.3 is 11.1 Å². The zero-order valence-corrected chi connectivity index (χ0v) is 11.5. The van der Waals surface area contributed by atoms with Crippen LogP contribution in [0.1, 0.15) is 20.3 Å². The first-order valence-electron chi connectivity index (χ1n) is 6.45. The molecule has 0 bridgehead atoms. The van der Waals surface area contributed by atoms with E-state index >= 15 is 0 Å². The average Bonchev–Trinajstić information content (AvgIpc) is 2.92. The molecule has 0 saturated carbocycles. The van der Waals surface area contributed by atoms with Crippen molar-refractivity contribution in [2.45, 2.75) is 26.3 Å². The summed E-state index contributed by atoms with van der Waals surface area (Å²) in [5.41, 5.74) is 7.36. The third-order valence-electron chi connectivity index (χ3n) is 3.03. The molecule has 0 aliphatic carbocycles. The fraction of sp³-hybridized carbons (Fsp3) is 0.385. The molecule has 2 rings (SSSR count). The van der Waals surface area contributed by atoms with Crippen molar-refractivity contribution in [3.63, 3.8) is 0 Å². The van der Waals surface area contributed by atoms with Crippen LogP contribution in [-0.4, -0.2) is 32.6 Å². The highest BCUT2D eigenvalue weighted by molar-refractivity contribution is 5.91. The van der Waals surface area contributed by atoms with E-state index in [1.807, 2.05) is 32.0 Å². The minimum Gasteiger partial charge on any atom is -0.327 e. The van der Waals surface area contributed by atoms with Crippen LogP contribution < -0.4 is 11.1 Å². The molecule has 1 aromatic heterocycles. The Bertz CT molecular complexity index is 566. The Kier molecular flexibility index (Phi) is 4.41. The van der Waals surface area contributed by atoms with Gasteiger partial charge in [-0.1, -0.05) is 26.0 Å². The Labute approximate surface area is 117 Å². The van der Waals surface area contributed by atoms with Crippen molar-refractivity contribution in [1.82, 2.24) is 20.6 Å². The van der Waals surface area contributed by atoms with Gasteiger partial charge in [-0.3, -0.25) is 4.79 Å². The van der Waals surface area contributed by atoms with Crippen molar-refractivity contribution < 1.29 is 4.79 Å². The Morgan fingerprint density at radius 2 is 2.25 bits per heavy atom. The second-order valence-corrected chi connectivity index (χ2v) is 4.98. The number of nitrogens with one attached hydrogen (secondary N) is 2. The van der Waals surface area contributed by atoms with Gasteiger partial charge in [0, 0.05) is 23.7 Å². The molecule has 20 heavy (non-hydrogen) atoms. The van der Waals surface area contributed by atoms with Crippen LogP contribution in [0, 0.1) is 5.92 Å². The van der Waals surface area contributed by atoms with Gasteiger partial charge in [0.25, 0.3) is 0 Å². The van der Waals surface area contributed by atoms with E-state index in [-0.39, 0.29) is 17.9 Å². The molecular formula is C13H18N6O. The van der Waals surface area contributed by atoms with Gasteiger partial charge >= 0.3 is 0 Å². The number of tetrazole rings is 1. The maximum absolute atomic E-state index is 11.9. The van der Waals surface area contributed by atoms with Crippen molar-refractivity contribution >= 4 is 11.6 Å². The summed E-state index contributed by atoms with van der Waals surface area (Å²) in [6, 6.07) is 7.13. The fourth-order valence-corrected chi connectivity index (χ4v) is 1.68. The number of nitrogens with zero attached hydrogens (tertiary/aromatic N) is 3. The molecule has 1 atom stereocenters. The molecule has 0 saturated heterocycles. The number of amides is 1. The molecular weight excluding hydrogens is 256 g/mol. The molecule has 0 fully saturated rings. The highest BCUT2D eigenvalue weighted by Gasteiger charge is 2.13. The normalized spacial score (nSPS) is 12.4. The Balaban J connectivity index is 2.03. The lowest BCUT2D eigenvalue weighted by Crippen LogP contribution is -2.31. The number of hydrogen-bond donors (Lipinski definition) is 3. The van der Waals surface area contributed by atoms with Crippen LogP contribution in [-0.2, 0) is 4.79 Å². The van der Waals surface area contributed by atoms with Crippen LogP contribution in [0.2, 0.25) is 0 Å². The highest BCUT2D eigenvalue weighted by Crippen LogP contribution is 2.18. The van der Waals surface area contributed by atoms with E-state index in [0.717, 1.165) is 5.56 Å². The third kappa shape index (κ3) is 3.61. The zero-order chi connectivity index (χ0) is 14.5. The number of carbonyl (C=O) groups is 1. The molecule has 106 valence electrons. The molecule has 1 unspecified atom stereocenters. The van der Waals surface area contributed by atoms with E-state index < -0.39 is 0 Å². The number of benzene rings is 1. The van der Waals surface area contributed by atoms with E-state index in [9.17, 15) is 4.79 Å². The molecule has 0 aliphatic heterocycles. The topological polar surface area (TPSA) is 110 Å². The smallest absolute Gasteiger partial charge is 0.225 e. The molecule has 1 amide bonds. The van der Waals surface area contributed by atoms with Crippen LogP contribution in [0.3, 0.4) is 0 Å². The van der Waals surface area contributed by atoms with E-state index in [1.165, 1.54) is 0 Å². The Morgan fingerprint density at radius 3 is 2.90 bits per heavy atom. The summed E-state index contributed by atoms with van der Waals surface area (Å²) in [6.45, 7) is 3.99. The van der Waals surface area contributed by atoms with Gasteiger partial charge in [-0.05, 0) is 23.3 Å². The molecule has 7 nitrogen and oxygen atoms in total. The average molecular weight is 274 g/mol. The molecule has 7 heteroatoms. The zero-order valence-electron chi connectivity index (χ0n) is 11.5. The largest absolute Gasteiger partial charge is 0.327 e. The van der Waals surface area contributed by atoms with Crippen LogP contribution >= 0.6 is 0 Å². The predicted octanol–water partition coefficient (Wildman–Crippen LogP) is 1.18. The molecule has 1 aromatic carbocycles. The van der Waals surface area contributed by atoms with Crippen LogP contribution in [0.4, 0.5) is 5.69 Å². The van der Waals surface area contributed by atoms with Crippen molar-refractivity contribution in [2.24, 2.45) is 11.7 Å². The summed E-state index contributed by atoms with van der Waals surface area (Å²) in [6.07, 6.45) is 0.296. The maximum atomic E-state index is 11.9. The van der Waals surface area contributed by atoms with Gasteiger partial charge in [0.05, 0.1) is 0 Å². The minimum absolute atomic E-state index is 0.100. The second-order valence-electron chi connectivity index (χ2n) is 4.98. The van der Waals surface area contributed by atoms with Gasteiger partial charge in [0.1, 0.15) is 0 Å². The molecule has 0 aliphatic rings. The Hall–Kier alpha value is -2.28. The lowest BCUT2D eigenvalue weighted by atomic mass is 10.0. The summed E-state index contributed by atoms with van der Waals surface area (Å²) >= 11 is 0. The molecule has 1 heterocycles. The standard InChI is InChI=1S/C13H18N6O/c1-8(2)11(14)7-12(20)15-10-5-3-4-9(6-10)13-16-18-19-17-13/h3-6,8,11H,7,14H2,1-2H3,(H,15,20)(H,16,17,18,19). The Morgan fingerprint density at radius 1 is 1.45 bits per heavy atom.